The minimum Gasteiger partial charge on any atom is -0.349 e. The number of sulfonamides is 1. The van der Waals surface area contributed by atoms with Gasteiger partial charge in [-0.15, -0.1) is 0 Å². The topological polar surface area (TPSA) is 77.1 Å². The molecule has 0 radical (unpaired) electrons. The SMILES string of the molecule is CCn1cc(S(=O)(=O)NCC2(C)CCCC2)cc1CN. The minimum atomic E-state index is -3.43. The molecule has 1 aromatic heterocycles. The highest BCUT2D eigenvalue weighted by atomic mass is 32.2. The van der Waals surface area contributed by atoms with Crippen molar-refractivity contribution >= 4 is 10.0 Å². The van der Waals surface area contributed by atoms with Crippen LogP contribution in [0.15, 0.2) is 17.2 Å². The van der Waals surface area contributed by atoms with Crippen LogP contribution < -0.4 is 10.5 Å². The van der Waals surface area contributed by atoms with Crippen molar-refractivity contribution in [1.82, 2.24) is 9.29 Å². The number of nitrogens with one attached hydrogen (secondary N) is 1. The van der Waals surface area contributed by atoms with Gasteiger partial charge in [-0.05, 0) is 31.2 Å². The molecular formula is C14H25N3O2S. The molecule has 1 aromatic rings. The third-order valence-corrected chi connectivity index (χ3v) is 5.69. The molecule has 0 saturated heterocycles. The summed E-state index contributed by atoms with van der Waals surface area (Å²) in [6.45, 7) is 5.72. The Kier molecular flexibility index (Phi) is 4.56. The predicted molar refractivity (Wildman–Crippen MR) is 79.8 cm³/mol. The quantitative estimate of drug-likeness (QED) is 0.841. The number of rotatable bonds is 6. The minimum absolute atomic E-state index is 0.108. The second kappa shape index (κ2) is 5.87. The smallest absolute Gasteiger partial charge is 0.242 e. The Balaban J connectivity index is 2.11. The molecule has 1 aliphatic carbocycles. The Hall–Kier alpha value is -0.850. The third-order valence-electron chi connectivity index (χ3n) is 4.32. The maximum atomic E-state index is 12.4. The van der Waals surface area contributed by atoms with E-state index in [1.165, 1.54) is 12.8 Å². The van der Waals surface area contributed by atoms with E-state index in [-0.39, 0.29) is 5.41 Å². The van der Waals surface area contributed by atoms with Crippen LogP contribution in [0.3, 0.4) is 0 Å². The van der Waals surface area contributed by atoms with E-state index in [4.69, 9.17) is 5.73 Å². The zero-order valence-corrected chi connectivity index (χ0v) is 13.2. The first-order chi connectivity index (χ1) is 9.40. The summed E-state index contributed by atoms with van der Waals surface area (Å²) in [5.74, 6) is 0. The number of hydrogen-bond donors (Lipinski definition) is 2. The fourth-order valence-corrected chi connectivity index (χ4v) is 4.16. The van der Waals surface area contributed by atoms with E-state index in [1.54, 1.807) is 12.3 Å². The van der Waals surface area contributed by atoms with Gasteiger partial charge in [-0.3, -0.25) is 0 Å². The van der Waals surface area contributed by atoms with Crippen molar-refractivity contribution < 1.29 is 8.42 Å². The number of aromatic nitrogens is 1. The van der Waals surface area contributed by atoms with Crippen LogP contribution in [0.4, 0.5) is 0 Å². The maximum absolute atomic E-state index is 12.4. The van der Waals surface area contributed by atoms with E-state index in [0.717, 1.165) is 25.1 Å². The summed E-state index contributed by atoms with van der Waals surface area (Å²) in [5, 5.41) is 0. The van der Waals surface area contributed by atoms with Crippen molar-refractivity contribution in [3.63, 3.8) is 0 Å². The molecule has 1 fully saturated rings. The Bertz CT molecular complexity index is 535. The largest absolute Gasteiger partial charge is 0.349 e. The first kappa shape index (κ1) is 15.5. The lowest BCUT2D eigenvalue weighted by atomic mass is 9.89. The van der Waals surface area contributed by atoms with Crippen molar-refractivity contribution in [2.45, 2.75) is 57.5 Å². The molecule has 0 bridgehead atoms. The lowest BCUT2D eigenvalue weighted by Crippen LogP contribution is -2.34. The monoisotopic (exact) mass is 299 g/mol. The Labute approximate surface area is 121 Å². The summed E-state index contributed by atoms with van der Waals surface area (Å²) in [5.41, 5.74) is 6.60. The number of hydrogen-bond acceptors (Lipinski definition) is 3. The van der Waals surface area contributed by atoms with Crippen LogP contribution >= 0.6 is 0 Å². The van der Waals surface area contributed by atoms with Gasteiger partial charge in [0, 0.05) is 31.5 Å². The fourth-order valence-electron chi connectivity index (χ4n) is 2.90. The molecule has 0 amide bonds. The van der Waals surface area contributed by atoms with Gasteiger partial charge in [0.1, 0.15) is 0 Å². The summed E-state index contributed by atoms with van der Waals surface area (Å²) in [6.07, 6.45) is 6.25. The molecule has 20 heavy (non-hydrogen) atoms. The number of nitrogens with two attached hydrogens (primary N) is 1. The van der Waals surface area contributed by atoms with Crippen LogP contribution in [0.25, 0.3) is 0 Å². The molecule has 0 atom stereocenters. The lowest BCUT2D eigenvalue weighted by molar-refractivity contribution is 0.336. The molecule has 0 aromatic carbocycles. The highest BCUT2D eigenvalue weighted by Crippen LogP contribution is 2.37. The second-order valence-corrected chi connectivity index (χ2v) is 7.77. The summed E-state index contributed by atoms with van der Waals surface area (Å²) >= 11 is 0. The first-order valence-corrected chi connectivity index (χ1v) is 8.77. The normalized spacial score (nSPS) is 18.6. The zero-order chi connectivity index (χ0) is 14.8. The summed E-state index contributed by atoms with van der Waals surface area (Å²) in [4.78, 5) is 0.321. The van der Waals surface area contributed by atoms with Crippen LogP contribution in [-0.2, 0) is 23.1 Å². The Morgan fingerprint density at radius 2 is 2.05 bits per heavy atom. The third kappa shape index (κ3) is 3.24. The van der Waals surface area contributed by atoms with Gasteiger partial charge in [-0.2, -0.15) is 0 Å². The van der Waals surface area contributed by atoms with Crippen molar-refractivity contribution in [1.29, 1.82) is 0 Å². The van der Waals surface area contributed by atoms with Crippen molar-refractivity contribution in [3.8, 4) is 0 Å². The standard InChI is InChI=1S/C14H25N3O2S/c1-3-17-10-13(8-12(17)9-15)20(18,19)16-11-14(2)6-4-5-7-14/h8,10,16H,3-7,9,11,15H2,1-2H3. The van der Waals surface area contributed by atoms with Gasteiger partial charge < -0.3 is 10.3 Å². The molecule has 0 aliphatic heterocycles. The Morgan fingerprint density at radius 3 is 2.55 bits per heavy atom. The fraction of sp³-hybridized carbons (Fsp3) is 0.714. The highest BCUT2D eigenvalue weighted by Gasteiger charge is 2.30. The highest BCUT2D eigenvalue weighted by molar-refractivity contribution is 7.89. The molecule has 1 heterocycles. The number of aryl methyl sites for hydroxylation is 1. The van der Waals surface area contributed by atoms with Gasteiger partial charge in [0.15, 0.2) is 0 Å². The zero-order valence-electron chi connectivity index (χ0n) is 12.4. The van der Waals surface area contributed by atoms with Crippen LogP contribution in [0, 0.1) is 5.41 Å². The maximum Gasteiger partial charge on any atom is 0.242 e. The molecule has 1 aliphatic rings. The van der Waals surface area contributed by atoms with Gasteiger partial charge in [-0.25, -0.2) is 13.1 Å². The molecular weight excluding hydrogens is 274 g/mol. The number of nitrogens with zero attached hydrogens (tertiary/aromatic N) is 1. The van der Waals surface area contributed by atoms with Crippen LogP contribution in [0.2, 0.25) is 0 Å². The molecule has 0 unspecified atom stereocenters. The van der Waals surface area contributed by atoms with Gasteiger partial charge in [0.05, 0.1) is 4.90 Å². The van der Waals surface area contributed by atoms with Crippen molar-refractivity contribution in [2.75, 3.05) is 6.54 Å². The van der Waals surface area contributed by atoms with Gasteiger partial charge >= 0.3 is 0 Å². The van der Waals surface area contributed by atoms with Gasteiger partial charge in [0.25, 0.3) is 0 Å². The second-order valence-electron chi connectivity index (χ2n) is 6.00. The van der Waals surface area contributed by atoms with Crippen LogP contribution in [0.1, 0.15) is 45.2 Å². The summed E-state index contributed by atoms with van der Waals surface area (Å²) in [7, 11) is -3.43. The van der Waals surface area contributed by atoms with Crippen molar-refractivity contribution in [2.24, 2.45) is 11.1 Å². The molecule has 1 saturated carbocycles. The average Bonchev–Trinajstić information content (AvgIpc) is 3.03. The molecule has 6 heteroatoms. The van der Waals surface area contributed by atoms with Crippen molar-refractivity contribution in [3.05, 3.63) is 18.0 Å². The van der Waals surface area contributed by atoms with Crippen LogP contribution in [-0.4, -0.2) is 19.5 Å². The molecule has 114 valence electrons. The van der Waals surface area contributed by atoms with E-state index < -0.39 is 10.0 Å². The van der Waals surface area contributed by atoms with Crippen LogP contribution in [0.5, 0.6) is 0 Å². The van der Waals surface area contributed by atoms with E-state index in [2.05, 4.69) is 11.6 Å². The van der Waals surface area contributed by atoms with E-state index in [0.29, 0.717) is 18.0 Å². The van der Waals surface area contributed by atoms with Gasteiger partial charge in [0.2, 0.25) is 10.0 Å². The summed E-state index contributed by atoms with van der Waals surface area (Å²) in [6, 6.07) is 1.67. The van der Waals surface area contributed by atoms with E-state index >= 15 is 0 Å². The first-order valence-electron chi connectivity index (χ1n) is 7.29. The predicted octanol–water partition coefficient (Wildman–Crippen LogP) is 1.83. The molecule has 0 spiro atoms. The molecule has 3 N–H and O–H groups in total. The molecule has 5 nitrogen and oxygen atoms in total. The molecule has 2 rings (SSSR count). The Morgan fingerprint density at radius 1 is 1.40 bits per heavy atom. The van der Waals surface area contributed by atoms with E-state index in [1.807, 2.05) is 11.5 Å². The van der Waals surface area contributed by atoms with Gasteiger partial charge in [-0.1, -0.05) is 19.8 Å². The average molecular weight is 299 g/mol. The van der Waals surface area contributed by atoms with E-state index in [9.17, 15) is 8.42 Å². The lowest BCUT2D eigenvalue weighted by Gasteiger charge is -2.23. The summed E-state index contributed by atoms with van der Waals surface area (Å²) < 4.78 is 29.4.